The van der Waals surface area contributed by atoms with Crippen LogP contribution in [0, 0.1) is 11.6 Å². The van der Waals surface area contributed by atoms with Crippen LogP contribution >= 0.6 is 0 Å². The molecule has 1 fully saturated rings. The average Bonchev–Trinajstić information content (AvgIpc) is 2.75. The molecule has 156 valence electrons. The maximum Gasteiger partial charge on any atom is 0.341 e. The zero-order chi connectivity index (χ0) is 21.4. The van der Waals surface area contributed by atoms with Crippen molar-refractivity contribution in [1.82, 2.24) is 9.88 Å². The Balaban J connectivity index is 2.02. The Bertz CT molecular complexity index is 1200. The molecule has 4 rings (SSSR count). The molecule has 0 spiro atoms. The van der Waals surface area contributed by atoms with Crippen molar-refractivity contribution in [3.63, 3.8) is 0 Å². The van der Waals surface area contributed by atoms with Crippen LogP contribution in [-0.2, 0) is 0 Å². The van der Waals surface area contributed by atoms with Gasteiger partial charge < -0.3 is 25.2 Å². The lowest BCUT2D eigenvalue weighted by Gasteiger charge is -2.30. The summed E-state index contributed by atoms with van der Waals surface area (Å²) < 4.78 is 30.3. The molecule has 2 heterocycles. The summed E-state index contributed by atoms with van der Waals surface area (Å²) >= 11 is 0. The first-order chi connectivity index (χ1) is 14.4. The van der Waals surface area contributed by atoms with Gasteiger partial charge in [-0.25, -0.2) is 13.6 Å². The van der Waals surface area contributed by atoms with Crippen LogP contribution in [0.2, 0.25) is 0 Å². The fourth-order valence-electron chi connectivity index (χ4n) is 3.70. The van der Waals surface area contributed by atoms with Crippen molar-refractivity contribution in [1.29, 1.82) is 0 Å². The molecule has 0 amide bonds. The lowest BCUT2D eigenvalue weighted by atomic mass is 10.1. The number of halogens is 2. The predicted octanol–water partition coefficient (Wildman–Crippen LogP) is 2.42. The number of benzene rings is 2. The van der Waals surface area contributed by atoms with Crippen molar-refractivity contribution < 1.29 is 18.7 Å². The molecular weight excluding hydrogens is 394 g/mol. The number of aromatic nitrogens is 1. The fourth-order valence-corrected chi connectivity index (χ4v) is 3.70. The Morgan fingerprint density at radius 1 is 1.13 bits per heavy atom. The third-order valence-electron chi connectivity index (χ3n) is 5.26. The molecule has 9 heteroatoms. The number of hydrogen-bond donors (Lipinski definition) is 3. The van der Waals surface area contributed by atoms with Crippen molar-refractivity contribution in [3.05, 3.63) is 63.9 Å². The van der Waals surface area contributed by atoms with Crippen LogP contribution < -0.4 is 21.0 Å². The van der Waals surface area contributed by atoms with E-state index in [-0.39, 0.29) is 11.1 Å². The van der Waals surface area contributed by atoms with Gasteiger partial charge in [-0.15, -0.1) is 0 Å². The normalized spacial score (nSPS) is 14.2. The summed E-state index contributed by atoms with van der Waals surface area (Å²) in [5.74, 6) is -2.48. The standard InChI is InChI=1S/C21H20F2N4O3/c1-24-17-8-12(2-3-15(17)22)27-11-14(21(29)30)20(28)13-9-16(23)19(10-18(13)27)26-6-4-25-5-7-26/h2-3,8-11,24-25H,4-7H2,1H3,(H,29,30). The smallest absolute Gasteiger partial charge is 0.341 e. The molecule has 3 N–H and O–H groups in total. The van der Waals surface area contributed by atoms with Gasteiger partial charge in [0.05, 0.1) is 16.9 Å². The summed E-state index contributed by atoms with van der Waals surface area (Å²) in [4.78, 5) is 26.2. The molecule has 0 aliphatic carbocycles. The number of anilines is 2. The van der Waals surface area contributed by atoms with Crippen LogP contribution in [0.4, 0.5) is 20.2 Å². The second-order valence-electron chi connectivity index (χ2n) is 7.02. The summed E-state index contributed by atoms with van der Waals surface area (Å²) in [5, 5.41) is 15.4. The second kappa shape index (κ2) is 7.75. The number of carboxylic acid groups (broad SMARTS) is 1. The quantitative estimate of drug-likeness (QED) is 0.608. The highest BCUT2D eigenvalue weighted by Gasteiger charge is 2.21. The minimum Gasteiger partial charge on any atom is -0.477 e. The van der Waals surface area contributed by atoms with E-state index in [1.54, 1.807) is 13.1 Å². The van der Waals surface area contributed by atoms with Crippen molar-refractivity contribution >= 4 is 28.2 Å². The van der Waals surface area contributed by atoms with Gasteiger partial charge in [0.15, 0.2) is 0 Å². The van der Waals surface area contributed by atoms with Crippen LogP contribution in [0.25, 0.3) is 16.6 Å². The number of fused-ring (bicyclic) bond motifs is 1. The topological polar surface area (TPSA) is 86.6 Å². The van der Waals surface area contributed by atoms with Gasteiger partial charge in [0, 0.05) is 50.5 Å². The van der Waals surface area contributed by atoms with Gasteiger partial charge in [-0.05, 0) is 30.3 Å². The van der Waals surface area contributed by atoms with Crippen LogP contribution in [0.15, 0.2) is 41.3 Å². The van der Waals surface area contributed by atoms with Crippen LogP contribution in [0.5, 0.6) is 0 Å². The fraction of sp³-hybridized carbons (Fsp3) is 0.238. The van der Waals surface area contributed by atoms with Crippen molar-refractivity contribution in [2.75, 3.05) is 43.4 Å². The maximum atomic E-state index is 14.9. The number of nitrogens with zero attached hydrogens (tertiary/aromatic N) is 2. The summed E-state index contributed by atoms with van der Waals surface area (Å²) in [7, 11) is 1.56. The highest BCUT2D eigenvalue weighted by Crippen LogP contribution is 2.28. The van der Waals surface area contributed by atoms with Gasteiger partial charge in [0.25, 0.3) is 0 Å². The average molecular weight is 414 g/mol. The first-order valence-electron chi connectivity index (χ1n) is 9.46. The number of hydrogen-bond acceptors (Lipinski definition) is 5. The van der Waals surface area contributed by atoms with Gasteiger partial charge in [0.1, 0.15) is 17.2 Å². The zero-order valence-electron chi connectivity index (χ0n) is 16.2. The van der Waals surface area contributed by atoms with Crippen molar-refractivity contribution in [2.45, 2.75) is 0 Å². The van der Waals surface area contributed by atoms with E-state index in [4.69, 9.17) is 0 Å². The minimum atomic E-state index is -1.42. The summed E-state index contributed by atoms with van der Waals surface area (Å²) in [6.07, 6.45) is 1.19. The first kappa shape index (κ1) is 19.8. The van der Waals surface area contributed by atoms with Crippen molar-refractivity contribution in [3.8, 4) is 5.69 Å². The zero-order valence-corrected chi connectivity index (χ0v) is 16.2. The molecule has 1 aliphatic heterocycles. The molecule has 0 atom stereocenters. The molecule has 30 heavy (non-hydrogen) atoms. The number of carboxylic acids is 1. The van der Waals surface area contributed by atoms with Crippen LogP contribution in [0.1, 0.15) is 10.4 Å². The molecular formula is C21H20F2N4O3. The molecule has 0 unspecified atom stereocenters. The number of aromatic carboxylic acids is 1. The largest absolute Gasteiger partial charge is 0.477 e. The number of nitrogens with one attached hydrogen (secondary N) is 2. The van der Waals surface area contributed by atoms with Gasteiger partial charge >= 0.3 is 5.97 Å². The molecule has 3 aromatic rings. The van der Waals surface area contributed by atoms with E-state index in [1.807, 2.05) is 4.90 Å². The third-order valence-corrected chi connectivity index (χ3v) is 5.26. The first-order valence-corrected chi connectivity index (χ1v) is 9.46. The van der Waals surface area contributed by atoms with Gasteiger partial charge in [-0.3, -0.25) is 4.79 Å². The van der Waals surface area contributed by atoms with E-state index < -0.39 is 28.6 Å². The highest BCUT2D eigenvalue weighted by molar-refractivity contribution is 5.94. The van der Waals surface area contributed by atoms with E-state index in [0.717, 1.165) is 6.07 Å². The van der Waals surface area contributed by atoms with E-state index in [2.05, 4.69) is 10.6 Å². The van der Waals surface area contributed by atoms with Crippen LogP contribution in [0.3, 0.4) is 0 Å². The van der Waals surface area contributed by atoms with E-state index in [0.29, 0.717) is 43.1 Å². The lowest BCUT2D eigenvalue weighted by Crippen LogP contribution is -2.43. The Morgan fingerprint density at radius 3 is 2.53 bits per heavy atom. The van der Waals surface area contributed by atoms with E-state index in [1.165, 1.54) is 29.0 Å². The number of piperazine rings is 1. The SMILES string of the molecule is CNc1cc(-n2cc(C(=O)O)c(=O)c3cc(F)c(N4CCNCC4)cc32)ccc1F. The summed E-state index contributed by atoms with van der Waals surface area (Å²) in [6, 6.07) is 6.84. The molecule has 0 bridgehead atoms. The Labute approximate surface area is 170 Å². The number of pyridine rings is 1. The Morgan fingerprint density at radius 2 is 1.87 bits per heavy atom. The Kier molecular flexibility index (Phi) is 5.13. The van der Waals surface area contributed by atoms with E-state index >= 15 is 0 Å². The summed E-state index contributed by atoms with van der Waals surface area (Å²) in [6.45, 7) is 2.60. The molecule has 1 aliphatic rings. The predicted molar refractivity (Wildman–Crippen MR) is 111 cm³/mol. The monoisotopic (exact) mass is 414 g/mol. The molecule has 0 radical (unpaired) electrons. The summed E-state index contributed by atoms with van der Waals surface area (Å²) in [5.41, 5.74) is 0.0548. The minimum absolute atomic E-state index is 0.0541. The molecule has 7 nitrogen and oxygen atoms in total. The number of rotatable bonds is 4. The van der Waals surface area contributed by atoms with Crippen molar-refractivity contribution in [2.24, 2.45) is 0 Å². The molecule has 0 saturated carbocycles. The third kappa shape index (κ3) is 3.37. The van der Waals surface area contributed by atoms with E-state index in [9.17, 15) is 23.5 Å². The molecule has 2 aromatic carbocycles. The lowest BCUT2D eigenvalue weighted by molar-refractivity contribution is 0.0695. The maximum absolute atomic E-state index is 14.9. The Hall–Kier alpha value is -3.46. The van der Waals surface area contributed by atoms with Gasteiger partial charge in [-0.2, -0.15) is 0 Å². The molecule has 1 aromatic heterocycles. The van der Waals surface area contributed by atoms with Crippen LogP contribution in [-0.4, -0.2) is 48.9 Å². The van der Waals surface area contributed by atoms with Gasteiger partial charge in [-0.1, -0.05) is 0 Å². The molecule has 1 saturated heterocycles. The highest BCUT2D eigenvalue weighted by atomic mass is 19.1. The number of carbonyl (C=O) groups is 1. The van der Waals surface area contributed by atoms with Gasteiger partial charge in [0.2, 0.25) is 5.43 Å². The second-order valence-corrected chi connectivity index (χ2v) is 7.02.